The van der Waals surface area contributed by atoms with Gasteiger partial charge in [0.1, 0.15) is 22.9 Å². The molecule has 200 valence electrons. The molecule has 1 saturated carbocycles. The molecular formula is C34H37N3O2. The molecule has 5 heteroatoms. The molecule has 0 saturated heterocycles. The average Bonchev–Trinajstić information content (AvgIpc) is 3.19. The van der Waals surface area contributed by atoms with Gasteiger partial charge in [0.05, 0.1) is 12.1 Å². The molecule has 1 fully saturated rings. The Morgan fingerprint density at radius 3 is 2.49 bits per heavy atom. The summed E-state index contributed by atoms with van der Waals surface area (Å²) in [5.74, 6) is 2.31. The van der Waals surface area contributed by atoms with Crippen molar-refractivity contribution in [2.75, 3.05) is 4.90 Å². The summed E-state index contributed by atoms with van der Waals surface area (Å²) < 4.78 is 6.23. The van der Waals surface area contributed by atoms with Crippen LogP contribution in [0.2, 0.25) is 0 Å². The zero-order valence-electron chi connectivity index (χ0n) is 23.5. The number of hydrogen-bond acceptors (Lipinski definition) is 5. The number of aromatic hydroxyl groups is 1. The third-order valence-electron chi connectivity index (χ3n) is 8.42. The highest BCUT2D eigenvalue weighted by atomic mass is 16.5. The smallest absolute Gasteiger partial charge is 0.219 e. The summed E-state index contributed by atoms with van der Waals surface area (Å²) in [4.78, 5) is 12.6. The van der Waals surface area contributed by atoms with Crippen molar-refractivity contribution in [2.45, 2.75) is 72.4 Å². The second-order valence-corrected chi connectivity index (χ2v) is 11.9. The molecule has 1 aliphatic carbocycles. The van der Waals surface area contributed by atoms with E-state index in [1.54, 1.807) is 6.07 Å². The van der Waals surface area contributed by atoms with E-state index in [9.17, 15) is 5.11 Å². The summed E-state index contributed by atoms with van der Waals surface area (Å²) in [7, 11) is 0. The molecule has 39 heavy (non-hydrogen) atoms. The number of para-hydroxylation sites is 1. The Kier molecular flexibility index (Phi) is 6.33. The summed E-state index contributed by atoms with van der Waals surface area (Å²) in [6.45, 7) is 11.4. The van der Waals surface area contributed by atoms with E-state index in [1.165, 1.54) is 41.6 Å². The van der Waals surface area contributed by atoms with Gasteiger partial charge in [-0.15, -0.1) is 0 Å². The monoisotopic (exact) mass is 519 g/mol. The molecule has 2 heterocycles. The quantitative estimate of drug-likeness (QED) is 0.295. The SMILES string of the molecule is Cc1cc(C)c(N2C(c3cccc(Oc4ccc5cccc(O)c5n4)c3)=N[C@@H]3[C@@H]2CCCCC3(C)C)c(C)c1. The maximum atomic E-state index is 10.3. The fraction of sp³-hybridized carbons (Fsp3) is 0.353. The molecule has 2 atom stereocenters. The van der Waals surface area contributed by atoms with Crippen LogP contribution in [0, 0.1) is 26.2 Å². The van der Waals surface area contributed by atoms with Crippen molar-refractivity contribution in [3.8, 4) is 17.4 Å². The Hall–Kier alpha value is -3.86. The molecule has 0 unspecified atom stereocenters. The molecule has 4 aromatic rings. The van der Waals surface area contributed by atoms with E-state index >= 15 is 0 Å². The van der Waals surface area contributed by atoms with Crippen molar-refractivity contribution in [1.29, 1.82) is 0 Å². The molecule has 2 aliphatic rings. The number of aryl methyl sites for hydroxylation is 3. The minimum absolute atomic E-state index is 0.124. The van der Waals surface area contributed by atoms with Gasteiger partial charge in [-0.05, 0) is 74.4 Å². The number of phenols is 1. The van der Waals surface area contributed by atoms with Gasteiger partial charge in [0.15, 0.2) is 0 Å². The molecule has 1 aliphatic heterocycles. The van der Waals surface area contributed by atoms with Crippen LogP contribution in [0.3, 0.4) is 0 Å². The van der Waals surface area contributed by atoms with Gasteiger partial charge < -0.3 is 14.7 Å². The number of rotatable bonds is 4. The van der Waals surface area contributed by atoms with E-state index in [0.717, 1.165) is 23.2 Å². The molecule has 3 aromatic carbocycles. The van der Waals surface area contributed by atoms with Crippen LogP contribution in [0.25, 0.3) is 10.9 Å². The highest BCUT2D eigenvalue weighted by Crippen LogP contribution is 2.45. The third kappa shape index (κ3) is 4.64. The van der Waals surface area contributed by atoms with E-state index < -0.39 is 0 Å². The Morgan fingerprint density at radius 1 is 0.923 bits per heavy atom. The number of phenolic OH excluding ortho intramolecular Hbond substituents is 1. The number of amidine groups is 1. The van der Waals surface area contributed by atoms with Crippen molar-refractivity contribution in [3.05, 3.63) is 89.0 Å². The number of nitrogens with zero attached hydrogens (tertiary/aromatic N) is 3. The number of ether oxygens (including phenoxy) is 1. The third-order valence-corrected chi connectivity index (χ3v) is 8.42. The summed E-state index contributed by atoms with van der Waals surface area (Å²) >= 11 is 0. The predicted molar refractivity (Wildman–Crippen MR) is 159 cm³/mol. The minimum atomic E-state index is 0.124. The number of fused-ring (bicyclic) bond motifs is 2. The second-order valence-electron chi connectivity index (χ2n) is 11.9. The van der Waals surface area contributed by atoms with Crippen LogP contribution in [-0.2, 0) is 0 Å². The summed E-state index contributed by atoms with van der Waals surface area (Å²) in [6, 6.07) is 22.5. The number of anilines is 1. The molecular weight excluding hydrogens is 482 g/mol. The maximum absolute atomic E-state index is 10.3. The van der Waals surface area contributed by atoms with E-state index in [2.05, 4.69) is 68.8 Å². The van der Waals surface area contributed by atoms with E-state index in [4.69, 9.17) is 9.73 Å². The zero-order valence-corrected chi connectivity index (χ0v) is 23.5. The molecule has 1 N–H and O–H groups in total. The molecule has 0 radical (unpaired) electrons. The topological polar surface area (TPSA) is 58.0 Å². The largest absolute Gasteiger partial charge is 0.506 e. The summed E-state index contributed by atoms with van der Waals surface area (Å²) in [5, 5.41) is 11.1. The van der Waals surface area contributed by atoms with Crippen molar-refractivity contribution in [3.63, 3.8) is 0 Å². The fourth-order valence-corrected chi connectivity index (χ4v) is 6.67. The number of pyridine rings is 1. The van der Waals surface area contributed by atoms with Crippen LogP contribution in [0.1, 0.15) is 61.8 Å². The highest BCUT2D eigenvalue weighted by Gasteiger charge is 2.46. The molecule has 0 spiro atoms. The van der Waals surface area contributed by atoms with Gasteiger partial charge in [0, 0.05) is 22.7 Å². The molecule has 5 nitrogen and oxygen atoms in total. The van der Waals surface area contributed by atoms with Gasteiger partial charge in [0.25, 0.3) is 0 Å². The van der Waals surface area contributed by atoms with Crippen molar-refractivity contribution in [2.24, 2.45) is 10.4 Å². The molecule has 6 rings (SSSR count). The lowest BCUT2D eigenvalue weighted by Gasteiger charge is -2.36. The number of benzene rings is 3. The average molecular weight is 520 g/mol. The lowest BCUT2D eigenvalue weighted by atomic mass is 9.79. The van der Waals surface area contributed by atoms with Gasteiger partial charge in [-0.2, -0.15) is 0 Å². The van der Waals surface area contributed by atoms with Crippen molar-refractivity contribution in [1.82, 2.24) is 4.98 Å². The van der Waals surface area contributed by atoms with Gasteiger partial charge in [-0.3, -0.25) is 4.99 Å². The Bertz CT molecular complexity index is 1570. The molecule has 0 bridgehead atoms. The number of aliphatic imine (C=N–C) groups is 1. The lowest BCUT2D eigenvalue weighted by molar-refractivity contribution is 0.260. The Labute approximate surface area is 231 Å². The van der Waals surface area contributed by atoms with Crippen LogP contribution < -0.4 is 9.64 Å². The standard InChI is InChI=1S/C34H37N3O2/c1-21-18-22(2)31(23(3)19-21)37-27-13-6-7-17-34(4,5)32(27)36-33(37)25-11-8-12-26(20-25)39-29-16-15-24-10-9-14-28(38)30(24)35-29/h8-12,14-16,18-20,27,32,38H,6-7,13,17H2,1-5H3/t27-,32+/m0/s1. The predicted octanol–water partition coefficient (Wildman–Crippen LogP) is 8.26. The fourth-order valence-electron chi connectivity index (χ4n) is 6.67. The van der Waals surface area contributed by atoms with E-state index in [1.807, 2.05) is 36.4 Å². The van der Waals surface area contributed by atoms with Crippen LogP contribution >= 0.6 is 0 Å². The number of hydrogen-bond donors (Lipinski definition) is 1. The van der Waals surface area contributed by atoms with Gasteiger partial charge in [-0.25, -0.2) is 4.98 Å². The summed E-state index contributed by atoms with van der Waals surface area (Å²) in [6.07, 6.45) is 4.79. The first kappa shape index (κ1) is 25.4. The summed E-state index contributed by atoms with van der Waals surface area (Å²) in [5.41, 5.74) is 6.84. The minimum Gasteiger partial charge on any atom is -0.506 e. The van der Waals surface area contributed by atoms with Crippen LogP contribution in [0.5, 0.6) is 17.4 Å². The van der Waals surface area contributed by atoms with Crippen LogP contribution in [-0.4, -0.2) is 28.0 Å². The van der Waals surface area contributed by atoms with E-state index in [0.29, 0.717) is 23.2 Å². The van der Waals surface area contributed by atoms with Crippen LogP contribution in [0.4, 0.5) is 5.69 Å². The van der Waals surface area contributed by atoms with Gasteiger partial charge >= 0.3 is 0 Å². The zero-order chi connectivity index (χ0) is 27.3. The van der Waals surface area contributed by atoms with Crippen molar-refractivity contribution >= 4 is 22.4 Å². The number of aromatic nitrogens is 1. The molecule has 0 amide bonds. The van der Waals surface area contributed by atoms with Crippen molar-refractivity contribution < 1.29 is 9.84 Å². The van der Waals surface area contributed by atoms with Gasteiger partial charge in [0.2, 0.25) is 5.88 Å². The first-order valence-corrected chi connectivity index (χ1v) is 14.0. The lowest BCUT2D eigenvalue weighted by Crippen LogP contribution is -2.44. The van der Waals surface area contributed by atoms with E-state index in [-0.39, 0.29) is 17.2 Å². The maximum Gasteiger partial charge on any atom is 0.219 e. The van der Waals surface area contributed by atoms with Gasteiger partial charge in [-0.1, -0.05) is 68.7 Å². The second kappa shape index (κ2) is 9.71. The highest BCUT2D eigenvalue weighted by molar-refractivity contribution is 6.13. The van der Waals surface area contributed by atoms with Crippen LogP contribution in [0.15, 0.2) is 71.7 Å². The Morgan fingerprint density at radius 2 is 1.69 bits per heavy atom. The Balaban J connectivity index is 1.42. The first-order valence-electron chi connectivity index (χ1n) is 14.0. The molecule has 1 aromatic heterocycles. The normalized spacial score (nSPS) is 20.4. The first-order chi connectivity index (χ1) is 18.7.